The van der Waals surface area contributed by atoms with Gasteiger partial charge in [-0.05, 0) is 44.1 Å². The molecule has 134 valence electrons. The van der Waals surface area contributed by atoms with E-state index < -0.39 is 10.0 Å². The van der Waals surface area contributed by atoms with E-state index in [1.807, 2.05) is 35.2 Å². The molecule has 0 aliphatic carbocycles. The second-order valence-electron chi connectivity index (χ2n) is 6.37. The van der Waals surface area contributed by atoms with E-state index in [1.165, 1.54) is 0 Å². The molecule has 1 fully saturated rings. The standard InChI is InChI=1S/C18H28N2O3S/c1-2-17-12-6-7-13-20(17)18(21)15-19-24(22,23)14-8-11-16-9-4-3-5-10-16/h3-5,9-10,17,19H,2,6-8,11-15H2,1H3. The summed E-state index contributed by atoms with van der Waals surface area (Å²) in [5, 5.41) is 0. The Morgan fingerprint density at radius 3 is 2.71 bits per heavy atom. The number of amides is 1. The molecule has 1 N–H and O–H groups in total. The van der Waals surface area contributed by atoms with Crippen LogP contribution in [0.4, 0.5) is 0 Å². The molecule has 1 heterocycles. The number of piperidine rings is 1. The molecule has 1 amide bonds. The summed E-state index contributed by atoms with van der Waals surface area (Å²) in [6.45, 7) is 2.70. The average molecular weight is 353 g/mol. The van der Waals surface area contributed by atoms with Gasteiger partial charge in [-0.2, -0.15) is 0 Å². The number of hydrogen-bond donors (Lipinski definition) is 1. The molecule has 0 radical (unpaired) electrons. The molecule has 1 atom stereocenters. The molecule has 2 rings (SSSR count). The van der Waals surface area contributed by atoms with Crippen LogP contribution < -0.4 is 4.72 Å². The predicted molar refractivity (Wildman–Crippen MR) is 96.2 cm³/mol. The molecule has 1 aromatic carbocycles. The van der Waals surface area contributed by atoms with Gasteiger partial charge in [0.1, 0.15) is 0 Å². The lowest BCUT2D eigenvalue weighted by molar-refractivity contribution is -0.133. The highest BCUT2D eigenvalue weighted by atomic mass is 32.2. The van der Waals surface area contributed by atoms with Crippen molar-refractivity contribution < 1.29 is 13.2 Å². The molecular weight excluding hydrogens is 324 g/mol. The third-order valence-corrected chi connectivity index (χ3v) is 5.99. The Bertz CT molecular complexity index is 616. The minimum Gasteiger partial charge on any atom is -0.339 e. The van der Waals surface area contributed by atoms with E-state index in [0.717, 1.165) is 44.2 Å². The molecule has 1 aliphatic heterocycles. The van der Waals surface area contributed by atoms with Crippen LogP contribution in [0.1, 0.15) is 44.6 Å². The highest BCUT2D eigenvalue weighted by Crippen LogP contribution is 2.19. The Morgan fingerprint density at radius 1 is 1.25 bits per heavy atom. The van der Waals surface area contributed by atoms with Crippen molar-refractivity contribution in [2.45, 2.75) is 51.5 Å². The number of carbonyl (C=O) groups excluding carboxylic acids is 1. The van der Waals surface area contributed by atoms with Gasteiger partial charge in [-0.15, -0.1) is 0 Å². The van der Waals surface area contributed by atoms with Gasteiger partial charge in [0.2, 0.25) is 15.9 Å². The summed E-state index contributed by atoms with van der Waals surface area (Å²) in [6.07, 6.45) is 5.37. The Balaban J connectivity index is 1.76. The number of aryl methyl sites for hydroxylation is 1. The first-order chi connectivity index (χ1) is 11.5. The van der Waals surface area contributed by atoms with Gasteiger partial charge in [-0.25, -0.2) is 13.1 Å². The maximum absolute atomic E-state index is 12.3. The lowest BCUT2D eigenvalue weighted by Gasteiger charge is -2.35. The van der Waals surface area contributed by atoms with Gasteiger partial charge in [0.05, 0.1) is 12.3 Å². The number of carbonyl (C=O) groups is 1. The molecular formula is C18H28N2O3S. The van der Waals surface area contributed by atoms with Crippen molar-refractivity contribution >= 4 is 15.9 Å². The molecule has 0 aromatic heterocycles. The van der Waals surface area contributed by atoms with E-state index in [1.54, 1.807) is 0 Å². The first kappa shape index (κ1) is 18.9. The average Bonchev–Trinajstić information content (AvgIpc) is 2.60. The van der Waals surface area contributed by atoms with E-state index in [4.69, 9.17) is 0 Å². The summed E-state index contributed by atoms with van der Waals surface area (Å²) in [7, 11) is -3.41. The topological polar surface area (TPSA) is 66.5 Å². The van der Waals surface area contributed by atoms with Crippen molar-refractivity contribution in [1.29, 1.82) is 0 Å². The first-order valence-electron chi connectivity index (χ1n) is 8.82. The van der Waals surface area contributed by atoms with Crippen molar-refractivity contribution in [3.05, 3.63) is 35.9 Å². The van der Waals surface area contributed by atoms with Crippen molar-refractivity contribution in [2.24, 2.45) is 0 Å². The monoisotopic (exact) mass is 352 g/mol. The summed E-state index contributed by atoms with van der Waals surface area (Å²) in [4.78, 5) is 14.2. The number of likely N-dealkylation sites (tertiary alicyclic amines) is 1. The maximum Gasteiger partial charge on any atom is 0.237 e. The van der Waals surface area contributed by atoms with E-state index in [-0.39, 0.29) is 24.2 Å². The normalized spacial score (nSPS) is 18.5. The van der Waals surface area contributed by atoms with Gasteiger partial charge in [0.15, 0.2) is 0 Å². The van der Waals surface area contributed by atoms with Gasteiger partial charge in [0, 0.05) is 12.6 Å². The highest BCUT2D eigenvalue weighted by molar-refractivity contribution is 7.89. The van der Waals surface area contributed by atoms with Gasteiger partial charge < -0.3 is 4.90 Å². The van der Waals surface area contributed by atoms with Crippen LogP contribution >= 0.6 is 0 Å². The summed E-state index contributed by atoms with van der Waals surface area (Å²) >= 11 is 0. The summed E-state index contributed by atoms with van der Waals surface area (Å²) in [5.74, 6) is -0.0555. The number of benzene rings is 1. The van der Waals surface area contributed by atoms with Crippen LogP contribution in [-0.2, 0) is 21.2 Å². The number of nitrogens with zero attached hydrogens (tertiary/aromatic N) is 1. The first-order valence-corrected chi connectivity index (χ1v) is 10.5. The number of rotatable bonds is 8. The highest BCUT2D eigenvalue weighted by Gasteiger charge is 2.25. The van der Waals surface area contributed by atoms with Crippen LogP contribution in [0.2, 0.25) is 0 Å². The molecule has 1 aliphatic rings. The predicted octanol–water partition coefficient (Wildman–Crippen LogP) is 2.33. The van der Waals surface area contributed by atoms with Crippen molar-refractivity contribution in [1.82, 2.24) is 9.62 Å². The summed E-state index contributed by atoms with van der Waals surface area (Å²) < 4.78 is 26.6. The summed E-state index contributed by atoms with van der Waals surface area (Å²) in [5.41, 5.74) is 1.13. The van der Waals surface area contributed by atoms with E-state index in [9.17, 15) is 13.2 Å². The molecule has 0 spiro atoms. The second-order valence-corrected chi connectivity index (χ2v) is 8.30. The lowest BCUT2D eigenvalue weighted by Crippen LogP contribution is -2.48. The third-order valence-electron chi connectivity index (χ3n) is 4.58. The van der Waals surface area contributed by atoms with Crippen LogP contribution in [0.5, 0.6) is 0 Å². The van der Waals surface area contributed by atoms with Crippen LogP contribution in [0.3, 0.4) is 0 Å². The minimum absolute atomic E-state index is 0.0480. The fourth-order valence-electron chi connectivity index (χ4n) is 3.21. The lowest BCUT2D eigenvalue weighted by atomic mass is 10.00. The molecule has 1 aromatic rings. The van der Waals surface area contributed by atoms with Crippen LogP contribution in [-0.4, -0.2) is 44.1 Å². The number of sulfonamides is 1. The molecule has 1 saturated heterocycles. The Hall–Kier alpha value is -1.40. The van der Waals surface area contributed by atoms with Crippen molar-refractivity contribution in [2.75, 3.05) is 18.8 Å². The number of hydrogen-bond acceptors (Lipinski definition) is 3. The molecule has 1 unspecified atom stereocenters. The fraction of sp³-hybridized carbons (Fsp3) is 0.611. The van der Waals surface area contributed by atoms with Gasteiger partial charge >= 0.3 is 0 Å². The third kappa shape index (κ3) is 5.91. The number of nitrogens with one attached hydrogen (secondary N) is 1. The van der Waals surface area contributed by atoms with Crippen LogP contribution in [0, 0.1) is 0 Å². The molecule has 6 heteroatoms. The minimum atomic E-state index is -3.41. The van der Waals surface area contributed by atoms with Gasteiger partial charge in [-0.3, -0.25) is 4.79 Å². The SMILES string of the molecule is CCC1CCCCN1C(=O)CNS(=O)(=O)CCCc1ccccc1. The summed E-state index contributed by atoms with van der Waals surface area (Å²) in [6, 6.07) is 10.1. The van der Waals surface area contributed by atoms with Crippen molar-refractivity contribution in [3.63, 3.8) is 0 Å². The molecule has 0 saturated carbocycles. The maximum atomic E-state index is 12.3. The second kappa shape index (κ2) is 9.18. The molecule has 0 bridgehead atoms. The largest absolute Gasteiger partial charge is 0.339 e. The van der Waals surface area contributed by atoms with Gasteiger partial charge in [-0.1, -0.05) is 37.3 Å². The molecule has 24 heavy (non-hydrogen) atoms. The van der Waals surface area contributed by atoms with Gasteiger partial charge in [0.25, 0.3) is 0 Å². The van der Waals surface area contributed by atoms with E-state index >= 15 is 0 Å². The fourth-order valence-corrected chi connectivity index (χ4v) is 4.22. The van der Waals surface area contributed by atoms with E-state index in [2.05, 4.69) is 11.6 Å². The van der Waals surface area contributed by atoms with Crippen LogP contribution in [0.25, 0.3) is 0 Å². The Labute approximate surface area is 145 Å². The van der Waals surface area contributed by atoms with Crippen LogP contribution in [0.15, 0.2) is 30.3 Å². The smallest absolute Gasteiger partial charge is 0.237 e. The van der Waals surface area contributed by atoms with E-state index in [0.29, 0.717) is 6.42 Å². The zero-order valence-electron chi connectivity index (χ0n) is 14.4. The zero-order chi connectivity index (χ0) is 17.4. The Kier molecular flexibility index (Phi) is 7.24. The quantitative estimate of drug-likeness (QED) is 0.781. The van der Waals surface area contributed by atoms with Crippen molar-refractivity contribution in [3.8, 4) is 0 Å². The Morgan fingerprint density at radius 2 is 2.00 bits per heavy atom. The zero-order valence-corrected chi connectivity index (χ0v) is 15.2. The molecule has 5 nitrogen and oxygen atoms in total.